The molecule has 2 heterocycles. The van der Waals surface area contributed by atoms with E-state index in [0.29, 0.717) is 37.4 Å². The van der Waals surface area contributed by atoms with Crippen molar-refractivity contribution in [2.75, 3.05) is 24.5 Å². The summed E-state index contributed by atoms with van der Waals surface area (Å²) in [5.41, 5.74) is 5.42. The van der Waals surface area contributed by atoms with E-state index in [1.165, 1.54) is 6.42 Å². The molecule has 2 amide bonds. The standard InChI is InChI=1S/C37H43F3N4O2/c1-2-3-22-43(24-37(38,39)40)36(46)33-29-16-8-7-15-27(29)28-17-11-19-30(32(28)33)44-23-10-9-20-31(44)42-35(45)34-26(18-12-21-41-34)25-13-5-4-6-14-25/h7-8,11-12,15-19,21,25,31,33H,2-6,9-10,13-14,20,22-24H2,1H3,(H,42,45). The number of piperidine rings is 1. The van der Waals surface area contributed by atoms with Gasteiger partial charge in [0.1, 0.15) is 18.4 Å². The number of hydrogen-bond acceptors (Lipinski definition) is 4. The number of amides is 2. The number of anilines is 1. The Bertz CT molecular complexity index is 1550. The molecule has 3 aliphatic rings. The lowest BCUT2D eigenvalue weighted by atomic mass is 9.83. The molecule has 244 valence electrons. The van der Waals surface area contributed by atoms with E-state index < -0.39 is 24.5 Å². The highest BCUT2D eigenvalue weighted by atomic mass is 19.4. The fraction of sp³-hybridized carbons (Fsp3) is 0.486. The summed E-state index contributed by atoms with van der Waals surface area (Å²) in [6.07, 6.45) is 6.14. The maximum absolute atomic E-state index is 14.3. The van der Waals surface area contributed by atoms with Gasteiger partial charge in [-0.05, 0) is 78.8 Å². The summed E-state index contributed by atoms with van der Waals surface area (Å²) in [6.45, 7) is 1.32. The third kappa shape index (κ3) is 6.65. The molecule has 0 radical (unpaired) electrons. The molecule has 2 fully saturated rings. The van der Waals surface area contributed by atoms with E-state index in [0.717, 1.165) is 76.9 Å². The summed E-state index contributed by atoms with van der Waals surface area (Å²) < 4.78 is 41.3. The predicted octanol–water partition coefficient (Wildman–Crippen LogP) is 8.18. The number of alkyl halides is 3. The minimum absolute atomic E-state index is 0.0425. The van der Waals surface area contributed by atoms with Crippen molar-refractivity contribution in [2.45, 2.75) is 95.3 Å². The van der Waals surface area contributed by atoms with Crippen LogP contribution in [-0.4, -0.2) is 53.7 Å². The van der Waals surface area contributed by atoms with Crippen LogP contribution in [0.4, 0.5) is 18.9 Å². The lowest BCUT2D eigenvalue weighted by Gasteiger charge is -2.40. The van der Waals surface area contributed by atoms with E-state index in [1.54, 1.807) is 6.20 Å². The SMILES string of the molecule is CCCCN(CC(F)(F)F)C(=O)C1c2ccccc2-c2cccc(N3CCCCC3NC(=O)c3ncccc3C3CCCCC3)c21. The number of hydrogen-bond donors (Lipinski definition) is 1. The summed E-state index contributed by atoms with van der Waals surface area (Å²) >= 11 is 0. The number of fused-ring (bicyclic) bond motifs is 3. The first kappa shape index (κ1) is 32.1. The first-order valence-electron chi connectivity index (χ1n) is 16.9. The van der Waals surface area contributed by atoms with Gasteiger partial charge in [0.15, 0.2) is 0 Å². The minimum atomic E-state index is -4.51. The zero-order chi connectivity index (χ0) is 32.3. The topological polar surface area (TPSA) is 65.5 Å². The van der Waals surface area contributed by atoms with E-state index in [4.69, 9.17) is 0 Å². The monoisotopic (exact) mass is 632 g/mol. The third-order valence-electron chi connectivity index (χ3n) is 9.85. The van der Waals surface area contributed by atoms with Gasteiger partial charge in [-0.25, -0.2) is 0 Å². The molecule has 0 bridgehead atoms. The Balaban J connectivity index is 1.35. The number of unbranched alkanes of at least 4 members (excludes halogenated alkanes) is 1. The van der Waals surface area contributed by atoms with E-state index in [2.05, 4.69) is 15.2 Å². The molecule has 6 nitrogen and oxygen atoms in total. The fourth-order valence-corrected chi connectivity index (χ4v) is 7.70. The third-order valence-corrected chi connectivity index (χ3v) is 9.85. The Labute approximate surface area is 269 Å². The van der Waals surface area contributed by atoms with Gasteiger partial charge >= 0.3 is 6.18 Å². The van der Waals surface area contributed by atoms with Crippen molar-refractivity contribution in [1.29, 1.82) is 0 Å². The molecular formula is C37H43F3N4O2. The van der Waals surface area contributed by atoms with Crippen molar-refractivity contribution in [3.8, 4) is 11.1 Å². The van der Waals surface area contributed by atoms with Gasteiger partial charge in [0.2, 0.25) is 5.91 Å². The van der Waals surface area contributed by atoms with Crippen molar-refractivity contribution < 1.29 is 22.8 Å². The van der Waals surface area contributed by atoms with E-state index in [1.807, 2.05) is 61.5 Å². The molecule has 6 rings (SSSR count). The Morgan fingerprint density at radius 1 is 0.913 bits per heavy atom. The number of carbonyl (C=O) groups excluding carboxylic acids is 2. The molecule has 9 heteroatoms. The first-order valence-corrected chi connectivity index (χ1v) is 16.9. The molecule has 3 aromatic rings. The summed E-state index contributed by atoms with van der Waals surface area (Å²) in [4.78, 5) is 35.8. The number of pyridine rings is 1. The summed E-state index contributed by atoms with van der Waals surface area (Å²) in [6, 6.07) is 17.3. The number of carbonyl (C=O) groups is 2. The molecule has 2 atom stereocenters. The Hall–Kier alpha value is -3.88. The number of halogens is 3. The molecule has 1 aliphatic heterocycles. The molecular weight excluding hydrogens is 589 g/mol. The number of nitrogens with zero attached hydrogens (tertiary/aromatic N) is 3. The van der Waals surface area contributed by atoms with Crippen LogP contribution in [0.1, 0.15) is 110 Å². The van der Waals surface area contributed by atoms with Crippen LogP contribution in [0.2, 0.25) is 0 Å². The van der Waals surface area contributed by atoms with Crippen molar-refractivity contribution in [3.05, 3.63) is 83.2 Å². The van der Waals surface area contributed by atoms with Gasteiger partial charge in [0.25, 0.3) is 5.91 Å². The lowest BCUT2D eigenvalue weighted by Crippen LogP contribution is -2.51. The minimum Gasteiger partial charge on any atom is -0.351 e. The molecule has 46 heavy (non-hydrogen) atoms. The van der Waals surface area contributed by atoms with Gasteiger partial charge < -0.3 is 15.1 Å². The van der Waals surface area contributed by atoms with Gasteiger partial charge in [0.05, 0.1) is 5.92 Å². The molecule has 0 spiro atoms. The molecule has 2 aliphatic carbocycles. The van der Waals surface area contributed by atoms with Crippen LogP contribution in [0.15, 0.2) is 60.8 Å². The summed E-state index contributed by atoms with van der Waals surface area (Å²) in [5.74, 6) is -1.29. The Morgan fingerprint density at radius 3 is 2.43 bits per heavy atom. The van der Waals surface area contributed by atoms with Crippen molar-refractivity contribution >= 4 is 17.5 Å². The van der Waals surface area contributed by atoms with E-state index in [-0.39, 0.29) is 18.6 Å². The van der Waals surface area contributed by atoms with Crippen molar-refractivity contribution in [1.82, 2.24) is 15.2 Å². The molecule has 1 saturated carbocycles. The maximum atomic E-state index is 14.3. The van der Waals surface area contributed by atoms with Crippen LogP contribution >= 0.6 is 0 Å². The first-order chi connectivity index (χ1) is 22.3. The summed E-state index contributed by atoms with van der Waals surface area (Å²) in [5, 5.41) is 3.28. The fourth-order valence-electron chi connectivity index (χ4n) is 7.70. The molecule has 2 aromatic carbocycles. The quantitative estimate of drug-likeness (QED) is 0.259. The van der Waals surface area contributed by atoms with Crippen molar-refractivity contribution in [2.24, 2.45) is 0 Å². The average molecular weight is 633 g/mol. The Morgan fingerprint density at radius 2 is 1.65 bits per heavy atom. The molecule has 1 saturated heterocycles. The zero-order valence-electron chi connectivity index (χ0n) is 26.5. The number of benzene rings is 2. The number of nitrogens with one attached hydrogen (secondary N) is 1. The van der Waals surface area contributed by atoms with Crippen LogP contribution in [0.3, 0.4) is 0 Å². The molecule has 1 N–H and O–H groups in total. The van der Waals surface area contributed by atoms with Crippen molar-refractivity contribution in [3.63, 3.8) is 0 Å². The second-order valence-electron chi connectivity index (χ2n) is 12.9. The second-order valence-corrected chi connectivity index (χ2v) is 12.9. The zero-order valence-corrected chi connectivity index (χ0v) is 26.5. The van der Waals surface area contributed by atoms with Crippen LogP contribution in [0.25, 0.3) is 11.1 Å². The highest BCUT2D eigenvalue weighted by Gasteiger charge is 2.42. The molecule has 1 aromatic heterocycles. The van der Waals surface area contributed by atoms with Gasteiger partial charge in [0, 0.05) is 30.5 Å². The second kappa shape index (κ2) is 13.9. The van der Waals surface area contributed by atoms with Gasteiger partial charge in [-0.3, -0.25) is 14.6 Å². The van der Waals surface area contributed by atoms with Gasteiger partial charge in [-0.15, -0.1) is 0 Å². The number of rotatable bonds is 9. The van der Waals surface area contributed by atoms with Crippen LogP contribution < -0.4 is 10.2 Å². The summed E-state index contributed by atoms with van der Waals surface area (Å²) in [7, 11) is 0. The van der Waals surface area contributed by atoms with Gasteiger partial charge in [-0.2, -0.15) is 13.2 Å². The smallest absolute Gasteiger partial charge is 0.351 e. The van der Waals surface area contributed by atoms with Crippen LogP contribution in [0, 0.1) is 0 Å². The Kier molecular flexibility index (Phi) is 9.66. The number of aromatic nitrogens is 1. The average Bonchev–Trinajstić information content (AvgIpc) is 3.41. The lowest BCUT2D eigenvalue weighted by molar-refractivity contribution is -0.161. The van der Waals surface area contributed by atoms with Crippen LogP contribution in [0.5, 0.6) is 0 Å². The predicted molar refractivity (Wildman–Crippen MR) is 174 cm³/mol. The van der Waals surface area contributed by atoms with Crippen LogP contribution in [-0.2, 0) is 4.79 Å². The highest BCUT2D eigenvalue weighted by Crippen LogP contribution is 2.50. The highest BCUT2D eigenvalue weighted by molar-refractivity contribution is 5.99. The normalized spacial score (nSPS) is 19.8. The maximum Gasteiger partial charge on any atom is 0.406 e. The molecule has 2 unspecified atom stereocenters. The van der Waals surface area contributed by atoms with E-state index >= 15 is 0 Å². The van der Waals surface area contributed by atoms with E-state index in [9.17, 15) is 22.8 Å². The largest absolute Gasteiger partial charge is 0.406 e. The van der Waals surface area contributed by atoms with Gasteiger partial charge in [-0.1, -0.05) is 75.1 Å².